The van der Waals surface area contributed by atoms with Crippen LogP contribution in [0.15, 0.2) is 30.2 Å². The van der Waals surface area contributed by atoms with Crippen LogP contribution in [0, 0.1) is 0 Å². The van der Waals surface area contributed by atoms with Gasteiger partial charge in [0.2, 0.25) is 0 Å². The lowest BCUT2D eigenvalue weighted by Crippen LogP contribution is -2.20. The lowest BCUT2D eigenvalue weighted by Gasteiger charge is -2.18. The van der Waals surface area contributed by atoms with E-state index in [1.165, 1.54) is 37.7 Å². The summed E-state index contributed by atoms with van der Waals surface area (Å²) < 4.78 is 0. The van der Waals surface area contributed by atoms with Crippen molar-refractivity contribution in [3.63, 3.8) is 0 Å². The van der Waals surface area contributed by atoms with E-state index >= 15 is 0 Å². The SMILES string of the molecule is CNC(C1=CCCCCC1)c1cnccn1. The Bertz CT molecular complexity index is 345. The molecule has 0 saturated carbocycles. The minimum atomic E-state index is 0.242. The van der Waals surface area contributed by atoms with Crippen LogP contribution >= 0.6 is 0 Å². The highest BCUT2D eigenvalue weighted by molar-refractivity contribution is 5.21. The van der Waals surface area contributed by atoms with Gasteiger partial charge in [-0.25, -0.2) is 0 Å². The van der Waals surface area contributed by atoms with Crippen molar-refractivity contribution in [2.24, 2.45) is 0 Å². The van der Waals surface area contributed by atoms with Crippen LogP contribution in [0.5, 0.6) is 0 Å². The maximum atomic E-state index is 4.39. The van der Waals surface area contributed by atoms with E-state index in [2.05, 4.69) is 21.4 Å². The molecule has 1 aromatic rings. The Morgan fingerprint density at radius 2 is 2.19 bits per heavy atom. The molecule has 3 nitrogen and oxygen atoms in total. The summed E-state index contributed by atoms with van der Waals surface area (Å²) in [5.41, 5.74) is 2.50. The molecule has 1 atom stereocenters. The number of hydrogen-bond donors (Lipinski definition) is 1. The average Bonchev–Trinajstić information content (AvgIpc) is 2.61. The molecule has 0 fully saturated rings. The molecule has 3 heteroatoms. The maximum Gasteiger partial charge on any atom is 0.0798 e. The van der Waals surface area contributed by atoms with Crippen LogP contribution in [0.3, 0.4) is 0 Å². The van der Waals surface area contributed by atoms with Gasteiger partial charge in [-0.15, -0.1) is 0 Å². The highest BCUT2D eigenvalue weighted by Crippen LogP contribution is 2.27. The van der Waals surface area contributed by atoms with Crippen molar-refractivity contribution in [3.05, 3.63) is 35.9 Å². The number of rotatable bonds is 3. The van der Waals surface area contributed by atoms with Crippen molar-refractivity contribution in [1.82, 2.24) is 15.3 Å². The molecule has 86 valence electrons. The van der Waals surface area contributed by atoms with Crippen LogP contribution < -0.4 is 5.32 Å². The molecule has 0 bridgehead atoms. The Labute approximate surface area is 97.0 Å². The molecule has 0 radical (unpaired) electrons. The molecular weight excluding hydrogens is 198 g/mol. The molecule has 0 saturated heterocycles. The lowest BCUT2D eigenvalue weighted by molar-refractivity contribution is 0.613. The largest absolute Gasteiger partial charge is 0.308 e. The predicted octanol–water partition coefficient (Wildman–Crippen LogP) is 2.63. The number of nitrogens with one attached hydrogen (secondary N) is 1. The van der Waals surface area contributed by atoms with E-state index in [9.17, 15) is 0 Å². The zero-order chi connectivity index (χ0) is 11.2. The minimum absolute atomic E-state index is 0.242. The van der Waals surface area contributed by atoms with Gasteiger partial charge in [0.15, 0.2) is 0 Å². The highest BCUT2D eigenvalue weighted by Gasteiger charge is 2.16. The number of nitrogens with zero attached hydrogens (tertiary/aromatic N) is 2. The molecule has 16 heavy (non-hydrogen) atoms. The van der Waals surface area contributed by atoms with E-state index in [0.29, 0.717) is 0 Å². The van der Waals surface area contributed by atoms with Crippen molar-refractivity contribution >= 4 is 0 Å². The Morgan fingerprint density at radius 3 is 2.94 bits per heavy atom. The first-order valence-electron chi connectivity index (χ1n) is 6.04. The second-order valence-corrected chi connectivity index (χ2v) is 4.23. The first kappa shape index (κ1) is 11.3. The minimum Gasteiger partial charge on any atom is -0.308 e. The fourth-order valence-electron chi connectivity index (χ4n) is 2.28. The summed E-state index contributed by atoms with van der Waals surface area (Å²) in [6.07, 6.45) is 14.1. The van der Waals surface area contributed by atoms with Gasteiger partial charge < -0.3 is 5.32 Å². The third-order valence-electron chi connectivity index (χ3n) is 3.11. The quantitative estimate of drug-likeness (QED) is 0.791. The van der Waals surface area contributed by atoms with Gasteiger partial charge in [-0.1, -0.05) is 18.1 Å². The maximum absolute atomic E-state index is 4.39. The number of hydrogen-bond acceptors (Lipinski definition) is 3. The Balaban J connectivity index is 2.18. The van der Waals surface area contributed by atoms with Gasteiger partial charge in [0.05, 0.1) is 17.9 Å². The lowest BCUT2D eigenvalue weighted by atomic mass is 9.99. The average molecular weight is 217 g/mol. The Hall–Kier alpha value is -1.22. The predicted molar refractivity (Wildman–Crippen MR) is 65.0 cm³/mol. The molecule has 1 heterocycles. The molecule has 1 N–H and O–H groups in total. The van der Waals surface area contributed by atoms with Gasteiger partial charge in [-0.2, -0.15) is 0 Å². The molecule has 0 aromatic carbocycles. The first-order valence-corrected chi connectivity index (χ1v) is 6.04. The van der Waals surface area contributed by atoms with Gasteiger partial charge in [-0.05, 0) is 32.7 Å². The van der Waals surface area contributed by atoms with Crippen molar-refractivity contribution < 1.29 is 0 Å². The van der Waals surface area contributed by atoms with Gasteiger partial charge in [0.1, 0.15) is 0 Å². The Kier molecular flexibility index (Phi) is 4.05. The summed E-state index contributed by atoms with van der Waals surface area (Å²) in [5, 5.41) is 3.35. The monoisotopic (exact) mass is 217 g/mol. The van der Waals surface area contributed by atoms with Crippen molar-refractivity contribution in [2.75, 3.05) is 7.05 Å². The summed E-state index contributed by atoms with van der Waals surface area (Å²) >= 11 is 0. The van der Waals surface area contributed by atoms with Crippen LogP contribution in [0.2, 0.25) is 0 Å². The molecule has 0 spiro atoms. The second-order valence-electron chi connectivity index (χ2n) is 4.23. The zero-order valence-corrected chi connectivity index (χ0v) is 9.82. The Morgan fingerprint density at radius 1 is 1.25 bits per heavy atom. The van der Waals surface area contributed by atoms with Crippen molar-refractivity contribution in [2.45, 2.75) is 38.1 Å². The molecule has 0 amide bonds. The number of aromatic nitrogens is 2. The first-order chi connectivity index (χ1) is 7.92. The number of allylic oxidation sites excluding steroid dienone is 1. The van der Waals surface area contributed by atoms with Gasteiger partial charge in [0, 0.05) is 12.4 Å². The van der Waals surface area contributed by atoms with Crippen LogP contribution in [0.4, 0.5) is 0 Å². The van der Waals surface area contributed by atoms with E-state index < -0.39 is 0 Å². The van der Waals surface area contributed by atoms with Gasteiger partial charge in [-0.3, -0.25) is 9.97 Å². The highest BCUT2D eigenvalue weighted by atomic mass is 14.9. The summed E-state index contributed by atoms with van der Waals surface area (Å²) in [7, 11) is 1.99. The summed E-state index contributed by atoms with van der Waals surface area (Å²) in [6.45, 7) is 0. The molecule has 1 aliphatic carbocycles. The van der Waals surface area contributed by atoms with Gasteiger partial charge in [0.25, 0.3) is 0 Å². The van der Waals surface area contributed by atoms with Crippen LogP contribution in [0.25, 0.3) is 0 Å². The summed E-state index contributed by atoms with van der Waals surface area (Å²) in [4.78, 5) is 8.53. The standard InChI is InChI=1S/C13H19N3/c1-14-13(12-10-15-8-9-16-12)11-6-4-2-3-5-7-11/h6,8-10,13-14H,2-5,7H2,1H3. The number of likely N-dealkylation sites (N-methyl/N-ethyl adjacent to an activating group) is 1. The van der Waals surface area contributed by atoms with Crippen LogP contribution in [-0.4, -0.2) is 17.0 Å². The third-order valence-corrected chi connectivity index (χ3v) is 3.11. The smallest absolute Gasteiger partial charge is 0.0798 e. The molecule has 1 aliphatic rings. The van der Waals surface area contributed by atoms with Crippen LogP contribution in [0.1, 0.15) is 43.8 Å². The second kappa shape index (κ2) is 5.75. The van der Waals surface area contributed by atoms with E-state index in [1.807, 2.05) is 13.2 Å². The van der Waals surface area contributed by atoms with Gasteiger partial charge >= 0.3 is 0 Å². The van der Waals surface area contributed by atoms with E-state index in [4.69, 9.17) is 0 Å². The summed E-state index contributed by atoms with van der Waals surface area (Å²) in [5.74, 6) is 0. The zero-order valence-electron chi connectivity index (χ0n) is 9.82. The third kappa shape index (κ3) is 2.67. The fraction of sp³-hybridized carbons (Fsp3) is 0.538. The molecule has 1 aromatic heterocycles. The topological polar surface area (TPSA) is 37.8 Å². The van der Waals surface area contributed by atoms with Crippen molar-refractivity contribution in [3.8, 4) is 0 Å². The van der Waals surface area contributed by atoms with E-state index in [-0.39, 0.29) is 6.04 Å². The molecule has 0 aliphatic heterocycles. The molecule has 1 unspecified atom stereocenters. The van der Waals surface area contributed by atoms with E-state index in [1.54, 1.807) is 12.4 Å². The summed E-state index contributed by atoms with van der Waals surface area (Å²) in [6, 6.07) is 0.242. The molecule has 2 rings (SSSR count). The normalized spacial score (nSPS) is 18.7. The fourth-order valence-corrected chi connectivity index (χ4v) is 2.28. The van der Waals surface area contributed by atoms with Crippen LogP contribution in [-0.2, 0) is 0 Å². The van der Waals surface area contributed by atoms with E-state index in [0.717, 1.165) is 5.69 Å². The molecular formula is C13H19N3. The van der Waals surface area contributed by atoms with Crippen molar-refractivity contribution in [1.29, 1.82) is 0 Å².